The predicted octanol–water partition coefficient (Wildman–Crippen LogP) is -0.471. The molecule has 0 aromatic carbocycles. The fourth-order valence-corrected chi connectivity index (χ4v) is 2.47. The van der Waals surface area contributed by atoms with Crippen LogP contribution in [-0.2, 0) is 9.53 Å². The topological polar surface area (TPSA) is 44.8 Å². The Kier molecular flexibility index (Phi) is 4.01. The Labute approximate surface area is 103 Å². The quantitative estimate of drug-likeness (QED) is 0.710. The summed E-state index contributed by atoms with van der Waals surface area (Å²) in [7, 11) is 0. The van der Waals surface area contributed by atoms with E-state index in [2.05, 4.69) is 24.1 Å². The summed E-state index contributed by atoms with van der Waals surface area (Å²) in [5.74, 6) is 0.236. The SMILES string of the molecule is CC1(C)COCCN1C(=O)CN1CCNCC1. The van der Waals surface area contributed by atoms with Gasteiger partial charge in [-0.3, -0.25) is 9.69 Å². The molecule has 2 fully saturated rings. The molecule has 17 heavy (non-hydrogen) atoms. The lowest BCUT2D eigenvalue weighted by Gasteiger charge is -2.43. The van der Waals surface area contributed by atoms with Crippen molar-refractivity contribution in [3.63, 3.8) is 0 Å². The van der Waals surface area contributed by atoms with Crippen LogP contribution in [0.1, 0.15) is 13.8 Å². The van der Waals surface area contributed by atoms with Gasteiger partial charge in [0.05, 0.1) is 25.3 Å². The van der Waals surface area contributed by atoms with Crippen molar-refractivity contribution < 1.29 is 9.53 Å². The zero-order valence-corrected chi connectivity index (χ0v) is 10.9. The third-order valence-electron chi connectivity index (χ3n) is 3.51. The molecular weight excluding hydrogens is 218 g/mol. The van der Waals surface area contributed by atoms with Gasteiger partial charge in [0.15, 0.2) is 0 Å². The van der Waals surface area contributed by atoms with Crippen LogP contribution in [0.3, 0.4) is 0 Å². The highest BCUT2D eigenvalue weighted by Gasteiger charge is 2.34. The highest BCUT2D eigenvalue weighted by atomic mass is 16.5. The number of hydrogen-bond donors (Lipinski definition) is 1. The number of piperazine rings is 1. The van der Waals surface area contributed by atoms with Crippen molar-refractivity contribution in [2.24, 2.45) is 0 Å². The molecule has 5 heteroatoms. The number of nitrogens with zero attached hydrogens (tertiary/aromatic N) is 2. The van der Waals surface area contributed by atoms with Crippen LogP contribution >= 0.6 is 0 Å². The van der Waals surface area contributed by atoms with Gasteiger partial charge in [0, 0.05) is 32.7 Å². The number of carbonyl (C=O) groups is 1. The van der Waals surface area contributed by atoms with Crippen LogP contribution in [-0.4, -0.2) is 73.7 Å². The van der Waals surface area contributed by atoms with Crippen molar-refractivity contribution in [1.29, 1.82) is 0 Å². The molecule has 0 unspecified atom stereocenters. The van der Waals surface area contributed by atoms with E-state index >= 15 is 0 Å². The number of ether oxygens (including phenoxy) is 1. The van der Waals surface area contributed by atoms with Gasteiger partial charge in [0.2, 0.25) is 5.91 Å². The number of amides is 1. The van der Waals surface area contributed by atoms with Crippen molar-refractivity contribution in [2.45, 2.75) is 19.4 Å². The maximum Gasteiger partial charge on any atom is 0.237 e. The predicted molar refractivity (Wildman–Crippen MR) is 65.9 cm³/mol. The standard InChI is InChI=1S/C12H23N3O2/c1-12(2)10-17-8-7-15(12)11(16)9-14-5-3-13-4-6-14/h13H,3-10H2,1-2H3. The van der Waals surface area contributed by atoms with Crippen molar-refractivity contribution in [3.05, 3.63) is 0 Å². The summed E-state index contributed by atoms with van der Waals surface area (Å²) in [6.07, 6.45) is 0. The summed E-state index contributed by atoms with van der Waals surface area (Å²) in [5.41, 5.74) is -0.163. The molecule has 0 radical (unpaired) electrons. The lowest BCUT2D eigenvalue weighted by Crippen LogP contribution is -2.58. The Morgan fingerprint density at radius 2 is 2.00 bits per heavy atom. The molecule has 2 heterocycles. The number of nitrogens with one attached hydrogen (secondary N) is 1. The van der Waals surface area contributed by atoms with Gasteiger partial charge in [0.25, 0.3) is 0 Å². The molecule has 0 bridgehead atoms. The molecule has 5 nitrogen and oxygen atoms in total. The summed E-state index contributed by atoms with van der Waals surface area (Å²) in [6, 6.07) is 0. The summed E-state index contributed by atoms with van der Waals surface area (Å²) in [5, 5.41) is 3.30. The van der Waals surface area contributed by atoms with Crippen molar-refractivity contribution in [2.75, 3.05) is 52.5 Å². The van der Waals surface area contributed by atoms with Crippen LogP contribution in [0.25, 0.3) is 0 Å². The molecule has 0 aromatic rings. The number of carbonyl (C=O) groups excluding carboxylic acids is 1. The van der Waals surface area contributed by atoms with Gasteiger partial charge in [-0.1, -0.05) is 0 Å². The molecule has 0 saturated carbocycles. The minimum absolute atomic E-state index is 0.163. The lowest BCUT2D eigenvalue weighted by atomic mass is 10.0. The van der Waals surface area contributed by atoms with Gasteiger partial charge >= 0.3 is 0 Å². The fraction of sp³-hybridized carbons (Fsp3) is 0.917. The zero-order chi connectivity index (χ0) is 12.3. The number of morpholine rings is 1. The molecule has 0 spiro atoms. The van der Waals surface area contributed by atoms with Crippen LogP contribution < -0.4 is 5.32 Å². The lowest BCUT2D eigenvalue weighted by molar-refractivity contribution is -0.147. The second-order valence-corrected chi connectivity index (χ2v) is 5.44. The summed E-state index contributed by atoms with van der Waals surface area (Å²) in [6.45, 7) is 10.6. The van der Waals surface area contributed by atoms with Crippen LogP contribution in [0.2, 0.25) is 0 Å². The van der Waals surface area contributed by atoms with Gasteiger partial charge in [-0.05, 0) is 13.8 Å². The smallest absolute Gasteiger partial charge is 0.237 e. The molecule has 2 saturated heterocycles. The first-order valence-electron chi connectivity index (χ1n) is 6.41. The number of hydrogen-bond acceptors (Lipinski definition) is 4. The van der Waals surface area contributed by atoms with Gasteiger partial charge < -0.3 is 15.0 Å². The van der Waals surface area contributed by atoms with Crippen molar-refractivity contribution in [1.82, 2.24) is 15.1 Å². The van der Waals surface area contributed by atoms with Gasteiger partial charge in [-0.25, -0.2) is 0 Å². The van der Waals surface area contributed by atoms with E-state index in [0.717, 1.165) is 32.7 Å². The average molecular weight is 241 g/mol. The van der Waals surface area contributed by atoms with E-state index in [1.165, 1.54) is 0 Å². The molecule has 98 valence electrons. The van der Waals surface area contributed by atoms with E-state index in [-0.39, 0.29) is 11.4 Å². The summed E-state index contributed by atoms with van der Waals surface area (Å²) >= 11 is 0. The third-order valence-corrected chi connectivity index (χ3v) is 3.51. The van der Waals surface area contributed by atoms with Gasteiger partial charge in [0.1, 0.15) is 0 Å². The van der Waals surface area contributed by atoms with E-state index in [0.29, 0.717) is 19.8 Å². The van der Waals surface area contributed by atoms with Crippen LogP contribution in [0.4, 0.5) is 0 Å². The monoisotopic (exact) mass is 241 g/mol. The Morgan fingerprint density at radius 3 is 2.65 bits per heavy atom. The first-order chi connectivity index (χ1) is 8.09. The molecule has 2 rings (SSSR count). The summed E-state index contributed by atoms with van der Waals surface area (Å²) in [4.78, 5) is 16.5. The minimum Gasteiger partial charge on any atom is -0.377 e. The molecule has 0 aliphatic carbocycles. The number of rotatable bonds is 2. The first kappa shape index (κ1) is 12.8. The minimum atomic E-state index is -0.163. The van der Waals surface area contributed by atoms with E-state index < -0.39 is 0 Å². The molecule has 2 aliphatic heterocycles. The zero-order valence-electron chi connectivity index (χ0n) is 10.9. The Balaban J connectivity index is 1.89. The highest BCUT2D eigenvalue weighted by molar-refractivity contribution is 5.79. The van der Waals surface area contributed by atoms with Gasteiger partial charge in [-0.2, -0.15) is 0 Å². The fourth-order valence-electron chi connectivity index (χ4n) is 2.47. The molecule has 0 atom stereocenters. The van der Waals surface area contributed by atoms with E-state index in [1.54, 1.807) is 0 Å². The van der Waals surface area contributed by atoms with E-state index in [4.69, 9.17) is 4.74 Å². The van der Waals surface area contributed by atoms with Crippen LogP contribution in [0.5, 0.6) is 0 Å². The first-order valence-corrected chi connectivity index (χ1v) is 6.41. The Morgan fingerprint density at radius 1 is 1.29 bits per heavy atom. The molecular formula is C12H23N3O2. The normalized spacial score (nSPS) is 25.9. The van der Waals surface area contributed by atoms with Gasteiger partial charge in [-0.15, -0.1) is 0 Å². The molecule has 1 amide bonds. The second-order valence-electron chi connectivity index (χ2n) is 5.44. The van der Waals surface area contributed by atoms with E-state index in [1.807, 2.05) is 4.90 Å². The maximum absolute atomic E-state index is 12.3. The summed E-state index contributed by atoms with van der Waals surface area (Å²) < 4.78 is 5.44. The third kappa shape index (κ3) is 3.18. The maximum atomic E-state index is 12.3. The Bertz CT molecular complexity index is 275. The van der Waals surface area contributed by atoms with E-state index in [9.17, 15) is 4.79 Å². The van der Waals surface area contributed by atoms with Crippen molar-refractivity contribution >= 4 is 5.91 Å². The highest BCUT2D eigenvalue weighted by Crippen LogP contribution is 2.19. The molecule has 1 N–H and O–H groups in total. The molecule has 2 aliphatic rings. The van der Waals surface area contributed by atoms with Crippen LogP contribution in [0, 0.1) is 0 Å². The Hall–Kier alpha value is -0.650. The van der Waals surface area contributed by atoms with Crippen molar-refractivity contribution in [3.8, 4) is 0 Å². The van der Waals surface area contributed by atoms with Crippen LogP contribution in [0.15, 0.2) is 0 Å². The average Bonchev–Trinajstić information content (AvgIpc) is 2.29. The largest absolute Gasteiger partial charge is 0.377 e. The second kappa shape index (κ2) is 5.33. The molecule has 0 aromatic heterocycles.